The molecule has 3 aromatic rings. The normalized spacial score (nSPS) is 20.2. The standard InChI is InChI=1S/C22H25N5O4S/c1-12(28)24-13-7-16(19-23-5-6-32-19)18-17(8-13)25-20(30-18)26-10-14-9-15(11-26)27(14)21(29)31-22(2,3)4/h5-8,14-15H,9-11H2,1-4H3,(H,24,28). The summed E-state index contributed by atoms with van der Waals surface area (Å²) >= 11 is 1.50. The molecule has 5 heterocycles. The van der Waals surface area contributed by atoms with E-state index in [-0.39, 0.29) is 24.1 Å². The maximum absolute atomic E-state index is 12.5. The van der Waals surface area contributed by atoms with Gasteiger partial charge in [-0.05, 0) is 39.3 Å². The van der Waals surface area contributed by atoms with Gasteiger partial charge in [0, 0.05) is 37.3 Å². The van der Waals surface area contributed by atoms with E-state index >= 15 is 0 Å². The van der Waals surface area contributed by atoms with Gasteiger partial charge in [-0.25, -0.2) is 9.78 Å². The van der Waals surface area contributed by atoms with Crippen molar-refractivity contribution in [3.05, 3.63) is 23.7 Å². The summed E-state index contributed by atoms with van der Waals surface area (Å²) in [5.41, 5.74) is 2.20. The summed E-state index contributed by atoms with van der Waals surface area (Å²) in [5.74, 6) is -0.156. The molecule has 2 aromatic heterocycles. The summed E-state index contributed by atoms with van der Waals surface area (Å²) in [5, 5.41) is 5.51. The number of benzene rings is 1. The molecular formula is C22H25N5O4S. The highest BCUT2D eigenvalue weighted by molar-refractivity contribution is 7.13. The second-order valence-corrected chi connectivity index (χ2v) is 10.1. The second-order valence-electron chi connectivity index (χ2n) is 9.22. The summed E-state index contributed by atoms with van der Waals surface area (Å²) in [6.07, 6.45) is 2.42. The lowest BCUT2D eigenvalue weighted by molar-refractivity contribution is -0.114. The second kappa shape index (κ2) is 7.47. The van der Waals surface area contributed by atoms with E-state index in [9.17, 15) is 9.59 Å². The van der Waals surface area contributed by atoms with E-state index in [1.165, 1.54) is 18.3 Å². The van der Waals surface area contributed by atoms with Gasteiger partial charge >= 0.3 is 6.09 Å². The molecule has 2 unspecified atom stereocenters. The number of aromatic nitrogens is 2. The van der Waals surface area contributed by atoms with Gasteiger partial charge in [0.25, 0.3) is 6.01 Å². The van der Waals surface area contributed by atoms with Crippen LogP contribution in [0.4, 0.5) is 16.5 Å². The van der Waals surface area contributed by atoms with Gasteiger partial charge in [-0.2, -0.15) is 4.98 Å². The minimum atomic E-state index is -0.515. The number of anilines is 2. The number of amides is 2. The quantitative estimate of drug-likeness (QED) is 0.634. The number of hydrogen-bond acceptors (Lipinski definition) is 8. The Morgan fingerprint density at radius 3 is 2.62 bits per heavy atom. The van der Waals surface area contributed by atoms with Crippen molar-refractivity contribution >= 4 is 46.1 Å². The van der Waals surface area contributed by atoms with Gasteiger partial charge in [-0.1, -0.05) is 0 Å². The Morgan fingerprint density at radius 2 is 2.00 bits per heavy atom. The van der Waals surface area contributed by atoms with E-state index in [0.29, 0.717) is 35.9 Å². The lowest BCUT2D eigenvalue weighted by Crippen LogP contribution is -2.70. The van der Waals surface area contributed by atoms with Crippen LogP contribution >= 0.6 is 11.3 Å². The number of ether oxygens (including phenoxy) is 1. The zero-order valence-electron chi connectivity index (χ0n) is 18.4. The highest BCUT2D eigenvalue weighted by Crippen LogP contribution is 2.39. The van der Waals surface area contributed by atoms with E-state index in [1.54, 1.807) is 12.3 Å². The lowest BCUT2D eigenvalue weighted by atomic mass is 9.88. The van der Waals surface area contributed by atoms with E-state index in [2.05, 4.69) is 15.2 Å². The number of piperazine rings is 1. The SMILES string of the molecule is CC(=O)Nc1cc(-c2nccs2)c2oc(N3CC4CC(C3)N4C(=O)OC(C)(C)C)nc2c1. The fraction of sp³-hybridized carbons (Fsp3) is 0.455. The molecule has 10 heteroatoms. The largest absolute Gasteiger partial charge is 0.444 e. The number of nitrogens with zero attached hydrogens (tertiary/aromatic N) is 4. The molecule has 1 aromatic carbocycles. The molecule has 3 saturated heterocycles. The van der Waals surface area contributed by atoms with E-state index in [0.717, 1.165) is 17.0 Å². The first-order valence-corrected chi connectivity index (χ1v) is 11.4. The van der Waals surface area contributed by atoms with Crippen LogP contribution in [-0.2, 0) is 9.53 Å². The molecule has 32 heavy (non-hydrogen) atoms. The van der Waals surface area contributed by atoms with Gasteiger partial charge in [0.1, 0.15) is 16.1 Å². The molecule has 9 nitrogen and oxygen atoms in total. The molecule has 1 N–H and O–H groups in total. The molecule has 168 valence electrons. The Labute approximate surface area is 189 Å². The van der Waals surface area contributed by atoms with Crippen LogP contribution in [0.2, 0.25) is 0 Å². The maximum Gasteiger partial charge on any atom is 0.410 e. The van der Waals surface area contributed by atoms with Crippen LogP contribution in [0.5, 0.6) is 0 Å². The van der Waals surface area contributed by atoms with E-state index in [4.69, 9.17) is 14.1 Å². The Morgan fingerprint density at radius 1 is 1.25 bits per heavy atom. The number of hydrogen-bond donors (Lipinski definition) is 1. The van der Waals surface area contributed by atoms with Gasteiger partial charge < -0.3 is 19.4 Å². The molecular weight excluding hydrogens is 430 g/mol. The zero-order chi connectivity index (χ0) is 22.6. The van der Waals surface area contributed by atoms with Crippen LogP contribution in [0.1, 0.15) is 34.1 Å². The van der Waals surface area contributed by atoms with Crippen LogP contribution in [0, 0.1) is 0 Å². The molecule has 3 fully saturated rings. The van der Waals surface area contributed by atoms with Crippen molar-refractivity contribution in [1.29, 1.82) is 0 Å². The summed E-state index contributed by atoms with van der Waals surface area (Å²) in [6, 6.07) is 4.32. The fourth-order valence-corrected chi connectivity index (χ4v) is 4.98. The van der Waals surface area contributed by atoms with Crippen molar-refractivity contribution in [2.75, 3.05) is 23.3 Å². The van der Waals surface area contributed by atoms with Crippen LogP contribution in [-0.4, -0.2) is 57.6 Å². The predicted octanol–water partition coefficient (Wildman–Crippen LogP) is 4.11. The number of carbonyl (C=O) groups excluding carboxylic acids is 2. The third-order valence-corrected chi connectivity index (χ3v) is 6.34. The number of carbonyl (C=O) groups is 2. The first-order chi connectivity index (χ1) is 15.2. The lowest BCUT2D eigenvalue weighted by Gasteiger charge is -2.55. The number of rotatable bonds is 3. The van der Waals surface area contributed by atoms with Gasteiger partial charge in [0.05, 0.1) is 17.6 Å². The first-order valence-electron chi connectivity index (χ1n) is 10.6. The van der Waals surface area contributed by atoms with Crippen LogP contribution in [0.3, 0.4) is 0 Å². The number of nitrogens with one attached hydrogen (secondary N) is 1. The minimum absolute atomic E-state index is 0.0759. The minimum Gasteiger partial charge on any atom is -0.444 e. The third kappa shape index (κ3) is 3.79. The maximum atomic E-state index is 12.5. The molecule has 3 aliphatic heterocycles. The van der Waals surface area contributed by atoms with Gasteiger partial charge in [0.2, 0.25) is 5.91 Å². The smallest absolute Gasteiger partial charge is 0.410 e. The van der Waals surface area contributed by atoms with Gasteiger partial charge in [-0.15, -0.1) is 11.3 Å². The first kappa shape index (κ1) is 20.7. The van der Waals surface area contributed by atoms with Gasteiger partial charge in [0.15, 0.2) is 5.58 Å². The number of piperidine rings is 1. The number of fused-ring (bicyclic) bond motifs is 3. The highest BCUT2D eigenvalue weighted by atomic mass is 32.1. The molecule has 0 radical (unpaired) electrons. The Balaban J connectivity index is 1.42. The predicted molar refractivity (Wildman–Crippen MR) is 122 cm³/mol. The Kier molecular flexibility index (Phi) is 4.85. The summed E-state index contributed by atoms with van der Waals surface area (Å²) in [7, 11) is 0. The Bertz CT molecular complexity index is 1170. The number of thiazole rings is 1. The number of oxazole rings is 1. The van der Waals surface area contributed by atoms with Crippen LogP contribution < -0.4 is 10.2 Å². The molecule has 2 amide bonds. The van der Waals surface area contributed by atoms with Crippen molar-refractivity contribution in [3.8, 4) is 10.6 Å². The Hall–Kier alpha value is -3.14. The molecule has 3 aliphatic rings. The average molecular weight is 456 g/mol. The van der Waals surface area contributed by atoms with Crippen LogP contribution in [0.25, 0.3) is 21.7 Å². The van der Waals surface area contributed by atoms with Crippen LogP contribution in [0.15, 0.2) is 28.1 Å². The van der Waals surface area contributed by atoms with Crippen molar-refractivity contribution in [2.24, 2.45) is 0 Å². The van der Waals surface area contributed by atoms with Gasteiger partial charge in [-0.3, -0.25) is 9.69 Å². The third-order valence-electron chi connectivity index (χ3n) is 5.53. The van der Waals surface area contributed by atoms with Crippen molar-refractivity contribution in [1.82, 2.24) is 14.9 Å². The molecule has 0 spiro atoms. The zero-order valence-corrected chi connectivity index (χ0v) is 19.2. The molecule has 0 saturated carbocycles. The monoisotopic (exact) mass is 455 g/mol. The van der Waals surface area contributed by atoms with Crippen molar-refractivity contribution in [2.45, 2.75) is 51.8 Å². The highest BCUT2D eigenvalue weighted by Gasteiger charge is 2.49. The topological polar surface area (TPSA) is 101 Å². The summed E-state index contributed by atoms with van der Waals surface area (Å²) in [6.45, 7) is 8.36. The van der Waals surface area contributed by atoms with E-state index in [1.807, 2.05) is 37.1 Å². The molecule has 6 rings (SSSR count). The summed E-state index contributed by atoms with van der Waals surface area (Å²) in [4.78, 5) is 37.2. The van der Waals surface area contributed by atoms with E-state index < -0.39 is 5.60 Å². The average Bonchev–Trinajstić information content (AvgIpc) is 3.35. The van der Waals surface area contributed by atoms with Crippen molar-refractivity contribution in [3.63, 3.8) is 0 Å². The summed E-state index contributed by atoms with van der Waals surface area (Å²) < 4.78 is 11.8. The fourth-order valence-electron chi connectivity index (χ4n) is 4.33. The van der Waals surface area contributed by atoms with Crippen molar-refractivity contribution < 1.29 is 18.7 Å². The molecule has 0 aliphatic carbocycles. The molecule has 2 atom stereocenters. The molecule has 2 bridgehead atoms.